The van der Waals surface area contributed by atoms with Gasteiger partial charge in [-0.25, -0.2) is 25.3 Å². The number of phenols is 1. The summed E-state index contributed by atoms with van der Waals surface area (Å²) in [5, 5.41) is 19.4. The molecule has 0 aromatic heterocycles. The summed E-state index contributed by atoms with van der Waals surface area (Å²) < 4.78 is 89.0. The highest BCUT2D eigenvalue weighted by atomic mass is 35.7. The van der Waals surface area contributed by atoms with Crippen molar-refractivity contribution in [2.75, 3.05) is 44.4 Å². The smallest absolute Gasteiger partial charge is 0.265 e. The lowest BCUT2D eigenvalue weighted by Gasteiger charge is -2.21. The summed E-state index contributed by atoms with van der Waals surface area (Å²) in [7, 11) is -5.28. The third-order valence-electron chi connectivity index (χ3n) is 5.71. The lowest BCUT2D eigenvalue weighted by molar-refractivity contribution is 0.144. The molecule has 0 atom stereocenters. The molecule has 224 valence electrons. The van der Waals surface area contributed by atoms with E-state index in [0.29, 0.717) is 0 Å². The van der Waals surface area contributed by atoms with Gasteiger partial charge >= 0.3 is 0 Å². The molecule has 0 aliphatic carbocycles. The van der Waals surface area contributed by atoms with Crippen molar-refractivity contribution in [2.45, 2.75) is 23.6 Å². The third-order valence-corrected chi connectivity index (χ3v) is 9.70. The van der Waals surface area contributed by atoms with Gasteiger partial charge in [-0.15, -0.1) is 5.11 Å². The van der Waals surface area contributed by atoms with Crippen molar-refractivity contribution in [1.29, 1.82) is 0 Å². The van der Waals surface area contributed by atoms with Crippen molar-refractivity contribution in [1.82, 2.24) is 4.31 Å². The number of aromatic hydroxyl groups is 1. The number of phenolic OH excluding ortho intramolecular Hbond substituents is 1. The number of ether oxygens (including phenoxy) is 2. The van der Waals surface area contributed by atoms with Crippen LogP contribution >= 0.6 is 10.7 Å². The number of anilines is 1. The SMILES string of the molecule is CCN(CC)S(=O)(=O)c1cc(N=Nc2ccc(OCCOC)c(S(=O)(=O)Cl)c2)c2cccc(NS(C)(=O)=O)c2c1O. The molecule has 0 heterocycles. The normalized spacial score (nSPS) is 12.8. The number of sulfonamides is 2. The quantitative estimate of drug-likeness (QED) is 0.155. The summed E-state index contributed by atoms with van der Waals surface area (Å²) in [6.45, 7) is 3.72. The maximum Gasteiger partial charge on any atom is 0.265 e. The van der Waals surface area contributed by atoms with E-state index in [0.717, 1.165) is 22.7 Å². The molecular formula is C24H29ClN4O9S3. The van der Waals surface area contributed by atoms with E-state index in [1.54, 1.807) is 13.8 Å². The fraction of sp³-hybridized carbons (Fsp3) is 0.333. The number of azo groups is 1. The Morgan fingerprint density at radius 3 is 2.22 bits per heavy atom. The second-order valence-corrected chi connectivity index (χ2v) is 14.7. The Morgan fingerprint density at radius 2 is 1.63 bits per heavy atom. The molecule has 0 aliphatic rings. The van der Waals surface area contributed by atoms with Crippen LogP contribution in [0.1, 0.15) is 13.8 Å². The minimum absolute atomic E-state index is 0.0307. The molecule has 0 radical (unpaired) electrons. The van der Waals surface area contributed by atoms with E-state index < -0.39 is 39.7 Å². The number of halogens is 1. The standard InChI is InChI=1S/C24H29ClN4O9S3/c1-5-29(6-2)41(35,36)22-15-19(17-8-7-9-18(23(17)24(22)30)28-39(4,31)32)27-26-16-10-11-20(38-13-12-37-3)21(14-16)40(25,33)34/h7-11,14-15,28,30H,5-6,12-13H2,1-4H3. The van der Waals surface area contributed by atoms with Crippen molar-refractivity contribution in [3.05, 3.63) is 42.5 Å². The molecule has 0 fully saturated rings. The highest BCUT2D eigenvalue weighted by Crippen LogP contribution is 2.44. The number of nitrogens with zero attached hydrogens (tertiary/aromatic N) is 3. The molecule has 0 amide bonds. The summed E-state index contributed by atoms with van der Waals surface area (Å²) in [6, 6.07) is 9.31. The van der Waals surface area contributed by atoms with Crippen molar-refractivity contribution < 1.29 is 39.8 Å². The average Bonchev–Trinajstić information content (AvgIpc) is 2.88. The van der Waals surface area contributed by atoms with E-state index in [9.17, 15) is 30.4 Å². The van der Waals surface area contributed by atoms with Crippen LogP contribution in [0.15, 0.2) is 62.5 Å². The summed E-state index contributed by atoms with van der Waals surface area (Å²) >= 11 is 0. The number of benzene rings is 3. The molecule has 0 saturated carbocycles. The van der Waals surface area contributed by atoms with Crippen molar-refractivity contribution in [3.63, 3.8) is 0 Å². The highest BCUT2D eigenvalue weighted by molar-refractivity contribution is 8.13. The Kier molecular flexibility index (Phi) is 10.2. The largest absolute Gasteiger partial charge is 0.506 e. The van der Waals surface area contributed by atoms with Crippen LogP contribution in [-0.4, -0.2) is 74.3 Å². The van der Waals surface area contributed by atoms with E-state index in [1.165, 1.54) is 37.4 Å². The summed E-state index contributed by atoms with van der Waals surface area (Å²) in [6.07, 6.45) is 0.908. The third kappa shape index (κ3) is 7.64. The van der Waals surface area contributed by atoms with Crippen LogP contribution < -0.4 is 9.46 Å². The molecule has 13 nitrogen and oxygen atoms in total. The minimum atomic E-state index is -4.26. The lowest BCUT2D eigenvalue weighted by atomic mass is 10.1. The van der Waals surface area contributed by atoms with Crippen LogP contribution in [0.5, 0.6) is 11.5 Å². The first kappa shape index (κ1) is 32.5. The van der Waals surface area contributed by atoms with Crippen LogP contribution in [0.25, 0.3) is 10.8 Å². The zero-order valence-electron chi connectivity index (χ0n) is 22.5. The van der Waals surface area contributed by atoms with Crippen molar-refractivity contribution in [3.8, 4) is 11.5 Å². The predicted octanol–water partition coefficient (Wildman–Crippen LogP) is 4.32. The average molecular weight is 649 g/mol. The Bertz CT molecular complexity index is 1790. The monoisotopic (exact) mass is 648 g/mol. The number of nitrogens with one attached hydrogen (secondary N) is 1. The van der Waals surface area contributed by atoms with E-state index >= 15 is 0 Å². The number of methoxy groups -OCH3 is 1. The van der Waals surface area contributed by atoms with Gasteiger partial charge in [-0.1, -0.05) is 26.0 Å². The second kappa shape index (κ2) is 12.9. The zero-order chi connectivity index (χ0) is 30.6. The molecule has 2 N–H and O–H groups in total. The van der Waals surface area contributed by atoms with Crippen molar-refractivity contribution >= 4 is 67.6 Å². The number of fused-ring (bicyclic) bond motifs is 1. The molecule has 0 unspecified atom stereocenters. The topological polar surface area (TPSA) is 181 Å². The van der Waals surface area contributed by atoms with E-state index in [1.807, 2.05) is 0 Å². The molecule has 0 aliphatic heterocycles. The molecule has 3 aromatic rings. The van der Waals surface area contributed by atoms with Crippen molar-refractivity contribution in [2.24, 2.45) is 10.2 Å². The van der Waals surface area contributed by atoms with Gasteiger partial charge in [0.2, 0.25) is 20.0 Å². The van der Waals surface area contributed by atoms with Gasteiger partial charge in [-0.05, 0) is 30.3 Å². The number of rotatable bonds is 13. The maximum absolute atomic E-state index is 13.4. The minimum Gasteiger partial charge on any atom is -0.506 e. The first-order valence-electron chi connectivity index (χ1n) is 12.0. The number of hydrogen-bond donors (Lipinski definition) is 2. The maximum atomic E-state index is 13.4. The lowest BCUT2D eigenvalue weighted by Crippen LogP contribution is -2.30. The highest BCUT2D eigenvalue weighted by Gasteiger charge is 2.29. The van der Waals surface area contributed by atoms with Gasteiger partial charge < -0.3 is 14.6 Å². The molecule has 17 heteroatoms. The van der Waals surface area contributed by atoms with Gasteiger partial charge in [0.15, 0.2) is 0 Å². The van der Waals surface area contributed by atoms with Gasteiger partial charge in [0, 0.05) is 36.3 Å². The van der Waals surface area contributed by atoms with E-state index in [2.05, 4.69) is 15.0 Å². The predicted molar refractivity (Wildman–Crippen MR) is 155 cm³/mol. The fourth-order valence-corrected chi connectivity index (χ4v) is 7.02. The van der Waals surface area contributed by atoms with E-state index in [-0.39, 0.29) is 64.8 Å². The molecular weight excluding hydrogens is 620 g/mol. The Morgan fingerprint density at radius 1 is 0.951 bits per heavy atom. The second-order valence-electron chi connectivity index (χ2n) is 8.54. The van der Waals surface area contributed by atoms with Crippen LogP contribution in [0, 0.1) is 0 Å². The summed E-state index contributed by atoms with van der Waals surface area (Å²) in [5.74, 6) is -0.708. The Balaban J connectivity index is 2.27. The van der Waals surface area contributed by atoms with Crippen LogP contribution in [0.4, 0.5) is 17.1 Å². The number of hydrogen-bond acceptors (Lipinski definition) is 11. The summed E-state index contributed by atoms with van der Waals surface area (Å²) in [4.78, 5) is -0.886. The van der Waals surface area contributed by atoms with Gasteiger partial charge in [-0.2, -0.15) is 9.42 Å². The molecule has 41 heavy (non-hydrogen) atoms. The molecule has 3 rings (SSSR count). The van der Waals surface area contributed by atoms with Crippen LogP contribution in [0.3, 0.4) is 0 Å². The molecule has 0 spiro atoms. The fourth-order valence-electron chi connectivity index (χ4n) is 3.90. The molecule has 0 saturated heterocycles. The first-order valence-corrected chi connectivity index (χ1v) is 17.7. The van der Waals surface area contributed by atoms with Gasteiger partial charge in [0.1, 0.15) is 27.9 Å². The Labute approximate surface area is 243 Å². The van der Waals surface area contributed by atoms with Crippen LogP contribution in [-0.2, 0) is 33.8 Å². The van der Waals surface area contributed by atoms with Gasteiger partial charge in [-0.3, -0.25) is 4.72 Å². The Hall–Kier alpha value is -3.02. The van der Waals surface area contributed by atoms with Gasteiger partial charge in [0.05, 0.1) is 35.3 Å². The molecule has 3 aromatic carbocycles. The molecule has 0 bridgehead atoms. The zero-order valence-corrected chi connectivity index (χ0v) is 25.7. The first-order chi connectivity index (χ1) is 19.1. The van der Waals surface area contributed by atoms with E-state index in [4.69, 9.17) is 20.2 Å². The van der Waals surface area contributed by atoms with Crippen LogP contribution in [0.2, 0.25) is 0 Å². The van der Waals surface area contributed by atoms with Gasteiger partial charge in [0.25, 0.3) is 9.05 Å². The summed E-state index contributed by atoms with van der Waals surface area (Å²) in [5.41, 5.74) is -0.0943.